The first-order chi connectivity index (χ1) is 8.90. The topological polar surface area (TPSA) is 90.8 Å². The lowest BCUT2D eigenvalue weighted by Gasteiger charge is -2.10. The summed E-state index contributed by atoms with van der Waals surface area (Å²) in [4.78, 5) is 16.0. The highest BCUT2D eigenvalue weighted by atomic mass is 16.1. The van der Waals surface area contributed by atoms with E-state index in [0.717, 1.165) is 16.9 Å². The lowest BCUT2D eigenvalue weighted by molar-refractivity contribution is -0.121. The van der Waals surface area contributed by atoms with Crippen molar-refractivity contribution in [2.45, 2.75) is 39.8 Å². The highest BCUT2D eigenvalue weighted by Crippen LogP contribution is 2.20. The van der Waals surface area contributed by atoms with Gasteiger partial charge in [-0.05, 0) is 20.8 Å². The third-order valence-electron chi connectivity index (χ3n) is 2.93. The van der Waals surface area contributed by atoms with Gasteiger partial charge in [0.2, 0.25) is 11.9 Å². The van der Waals surface area contributed by atoms with Crippen LogP contribution in [0, 0.1) is 6.92 Å². The first-order valence-electron chi connectivity index (χ1n) is 6.34. The van der Waals surface area contributed by atoms with Gasteiger partial charge in [-0.25, -0.2) is 4.98 Å². The van der Waals surface area contributed by atoms with E-state index in [9.17, 15) is 4.79 Å². The number of nitrogens with zero attached hydrogens (tertiary/aromatic N) is 4. The summed E-state index contributed by atoms with van der Waals surface area (Å²) in [5.74, 6) is 0.429. The molecule has 0 aliphatic heterocycles. The van der Waals surface area contributed by atoms with E-state index in [1.54, 1.807) is 4.68 Å². The van der Waals surface area contributed by atoms with Gasteiger partial charge in [-0.3, -0.25) is 14.0 Å². The van der Waals surface area contributed by atoms with Crippen molar-refractivity contribution in [3.8, 4) is 0 Å². The fourth-order valence-electron chi connectivity index (χ4n) is 2.18. The van der Waals surface area contributed by atoms with Gasteiger partial charge in [0.15, 0.2) is 5.65 Å². The first kappa shape index (κ1) is 13.4. The zero-order valence-electron chi connectivity index (χ0n) is 11.8. The number of carbonyl (C=O) groups is 1. The molecule has 0 aliphatic carbocycles. The number of aryl methyl sites for hydroxylation is 3. The number of nitrogens with two attached hydrogens (primary N) is 1. The van der Waals surface area contributed by atoms with Gasteiger partial charge in [0.05, 0.1) is 5.69 Å². The molecule has 0 radical (unpaired) electrons. The maximum atomic E-state index is 11.7. The van der Waals surface area contributed by atoms with Crippen LogP contribution in [0.2, 0.25) is 0 Å². The largest absolute Gasteiger partial charge is 0.369 e. The fraction of sp³-hybridized carbons (Fsp3) is 0.583. The van der Waals surface area contributed by atoms with Crippen molar-refractivity contribution in [3.05, 3.63) is 5.69 Å². The standard InChI is InChI=1S/C12H20N6O/c1-7(2)14-9(19)5-6-18-11-10(15-12(18)13)8(3)16-17(11)4/h7H,5-6H2,1-4H3,(H2,13,15)(H,14,19). The van der Waals surface area contributed by atoms with E-state index in [1.807, 2.05) is 32.4 Å². The van der Waals surface area contributed by atoms with Crippen molar-refractivity contribution in [1.29, 1.82) is 0 Å². The van der Waals surface area contributed by atoms with E-state index in [4.69, 9.17) is 5.73 Å². The van der Waals surface area contributed by atoms with Crippen LogP contribution < -0.4 is 11.1 Å². The summed E-state index contributed by atoms with van der Waals surface area (Å²) in [6.07, 6.45) is 0.373. The number of aromatic nitrogens is 4. The molecule has 2 aromatic rings. The number of hydrogen-bond acceptors (Lipinski definition) is 4. The van der Waals surface area contributed by atoms with Gasteiger partial charge in [0.25, 0.3) is 0 Å². The molecular formula is C12H20N6O. The van der Waals surface area contributed by atoms with Crippen LogP contribution in [0.1, 0.15) is 26.0 Å². The Morgan fingerprint density at radius 2 is 2.16 bits per heavy atom. The van der Waals surface area contributed by atoms with Crippen LogP contribution in [0.15, 0.2) is 0 Å². The summed E-state index contributed by atoms with van der Waals surface area (Å²) < 4.78 is 3.57. The molecule has 2 heterocycles. The number of hydrogen-bond donors (Lipinski definition) is 2. The number of fused-ring (bicyclic) bond motifs is 1. The zero-order chi connectivity index (χ0) is 14.2. The monoisotopic (exact) mass is 264 g/mol. The third kappa shape index (κ3) is 2.54. The number of amides is 1. The second-order valence-corrected chi connectivity index (χ2v) is 4.98. The highest BCUT2D eigenvalue weighted by Gasteiger charge is 2.16. The van der Waals surface area contributed by atoms with Crippen LogP contribution in [0.3, 0.4) is 0 Å². The van der Waals surface area contributed by atoms with Gasteiger partial charge in [0, 0.05) is 26.1 Å². The average Bonchev–Trinajstić information content (AvgIpc) is 2.74. The Hall–Kier alpha value is -2.05. The normalized spacial score (nSPS) is 11.4. The molecule has 104 valence electrons. The van der Waals surface area contributed by atoms with Crippen molar-refractivity contribution >= 4 is 23.0 Å². The third-order valence-corrected chi connectivity index (χ3v) is 2.93. The van der Waals surface area contributed by atoms with Crippen molar-refractivity contribution in [2.24, 2.45) is 7.05 Å². The molecule has 0 saturated carbocycles. The summed E-state index contributed by atoms with van der Waals surface area (Å²) in [5.41, 5.74) is 8.39. The van der Waals surface area contributed by atoms with Crippen molar-refractivity contribution < 1.29 is 4.79 Å². The van der Waals surface area contributed by atoms with Crippen LogP contribution in [-0.2, 0) is 18.4 Å². The summed E-state index contributed by atoms with van der Waals surface area (Å²) >= 11 is 0. The van der Waals surface area contributed by atoms with E-state index in [2.05, 4.69) is 15.4 Å². The molecule has 0 unspecified atom stereocenters. The van der Waals surface area contributed by atoms with Crippen molar-refractivity contribution in [2.75, 3.05) is 5.73 Å². The van der Waals surface area contributed by atoms with Gasteiger partial charge >= 0.3 is 0 Å². The Labute approximate surface area is 111 Å². The van der Waals surface area contributed by atoms with Gasteiger partial charge in [0.1, 0.15) is 5.52 Å². The molecule has 0 aliphatic rings. The second kappa shape index (κ2) is 4.91. The van der Waals surface area contributed by atoms with Crippen LogP contribution in [0.4, 0.5) is 5.95 Å². The summed E-state index contributed by atoms with van der Waals surface area (Å²) in [5, 5.41) is 7.16. The lowest BCUT2D eigenvalue weighted by Crippen LogP contribution is -2.30. The molecule has 19 heavy (non-hydrogen) atoms. The van der Waals surface area contributed by atoms with E-state index in [0.29, 0.717) is 18.9 Å². The van der Waals surface area contributed by atoms with Gasteiger partial charge in [-0.1, -0.05) is 0 Å². The SMILES string of the molecule is Cc1nn(C)c2c1nc(N)n2CCC(=O)NC(C)C. The number of nitrogen functional groups attached to an aromatic ring is 1. The molecule has 0 saturated heterocycles. The van der Waals surface area contributed by atoms with Crippen LogP contribution in [0.5, 0.6) is 0 Å². The van der Waals surface area contributed by atoms with Crippen LogP contribution in [0.25, 0.3) is 11.2 Å². The molecular weight excluding hydrogens is 244 g/mol. The first-order valence-corrected chi connectivity index (χ1v) is 6.34. The van der Waals surface area contributed by atoms with Gasteiger partial charge in [-0.15, -0.1) is 0 Å². The van der Waals surface area contributed by atoms with Gasteiger partial charge < -0.3 is 11.1 Å². The second-order valence-electron chi connectivity index (χ2n) is 4.98. The molecule has 7 heteroatoms. The van der Waals surface area contributed by atoms with Gasteiger partial charge in [-0.2, -0.15) is 5.10 Å². The predicted molar refractivity (Wildman–Crippen MR) is 73.5 cm³/mol. The molecule has 7 nitrogen and oxygen atoms in total. The minimum absolute atomic E-state index is 0.00939. The van der Waals surface area contributed by atoms with Crippen molar-refractivity contribution in [1.82, 2.24) is 24.6 Å². The number of rotatable bonds is 4. The molecule has 0 fully saturated rings. The Balaban J connectivity index is 2.21. The molecule has 0 atom stereocenters. The molecule has 1 amide bonds. The van der Waals surface area contributed by atoms with E-state index in [-0.39, 0.29) is 11.9 Å². The summed E-state index contributed by atoms with van der Waals surface area (Å²) in [6, 6.07) is 0.145. The predicted octanol–water partition coefficient (Wildman–Crippen LogP) is 0.575. The van der Waals surface area contributed by atoms with E-state index in [1.165, 1.54) is 0 Å². The summed E-state index contributed by atoms with van der Waals surface area (Å²) in [7, 11) is 1.85. The molecule has 3 N–H and O–H groups in total. The van der Waals surface area contributed by atoms with Crippen molar-refractivity contribution in [3.63, 3.8) is 0 Å². The number of anilines is 1. The molecule has 0 bridgehead atoms. The highest BCUT2D eigenvalue weighted by molar-refractivity contribution is 5.79. The maximum absolute atomic E-state index is 11.7. The van der Waals surface area contributed by atoms with E-state index >= 15 is 0 Å². The minimum atomic E-state index is 0.00939. The smallest absolute Gasteiger partial charge is 0.221 e. The van der Waals surface area contributed by atoms with Crippen LogP contribution >= 0.6 is 0 Å². The Morgan fingerprint density at radius 3 is 2.79 bits per heavy atom. The zero-order valence-corrected chi connectivity index (χ0v) is 11.8. The Kier molecular flexibility index (Phi) is 3.46. The molecule has 0 spiro atoms. The quantitative estimate of drug-likeness (QED) is 0.845. The maximum Gasteiger partial charge on any atom is 0.221 e. The van der Waals surface area contributed by atoms with Crippen LogP contribution in [-0.4, -0.2) is 31.3 Å². The minimum Gasteiger partial charge on any atom is -0.369 e. The molecule has 2 aromatic heterocycles. The number of nitrogens with one attached hydrogen (secondary N) is 1. The lowest BCUT2D eigenvalue weighted by atomic mass is 10.3. The summed E-state index contributed by atoms with van der Waals surface area (Å²) in [6.45, 7) is 6.27. The number of carbonyl (C=O) groups excluding carboxylic acids is 1. The average molecular weight is 264 g/mol. The number of imidazole rings is 1. The Bertz CT molecular complexity index is 609. The molecule has 0 aromatic carbocycles. The molecule has 2 rings (SSSR count). The Morgan fingerprint density at radius 1 is 1.47 bits per heavy atom. The fourth-order valence-corrected chi connectivity index (χ4v) is 2.18. The van der Waals surface area contributed by atoms with E-state index < -0.39 is 0 Å².